The first kappa shape index (κ1) is 29.5. The van der Waals surface area contributed by atoms with Gasteiger partial charge >= 0.3 is 5.97 Å². The topological polar surface area (TPSA) is 158 Å². The van der Waals surface area contributed by atoms with Crippen LogP contribution in [0.1, 0.15) is 45.1 Å². The largest absolute Gasteiger partial charge is 0.480 e. The Morgan fingerprint density at radius 2 is 1.97 bits per heavy atom. The van der Waals surface area contributed by atoms with Crippen LogP contribution in [0.15, 0.2) is 30.5 Å². The lowest BCUT2D eigenvalue weighted by Crippen LogP contribution is -2.58. The highest BCUT2D eigenvalue weighted by Crippen LogP contribution is 2.23. The first-order valence-electron chi connectivity index (χ1n) is 13.1. The van der Waals surface area contributed by atoms with Gasteiger partial charge in [0.25, 0.3) is 0 Å². The van der Waals surface area contributed by atoms with Crippen LogP contribution in [0.4, 0.5) is 0 Å². The van der Waals surface area contributed by atoms with Crippen molar-refractivity contribution in [3.05, 3.63) is 36.0 Å². The molecule has 1 aliphatic heterocycles. The first-order chi connectivity index (χ1) is 18.2. The van der Waals surface area contributed by atoms with Crippen LogP contribution in [0.2, 0.25) is 0 Å². The number of benzene rings is 1. The number of aromatic nitrogens is 1. The lowest BCUT2D eigenvalue weighted by atomic mass is 9.96. The van der Waals surface area contributed by atoms with Gasteiger partial charge in [0.05, 0.1) is 6.04 Å². The number of thioether (sulfide) groups is 1. The number of rotatable bonds is 13. The van der Waals surface area contributed by atoms with Gasteiger partial charge in [0.15, 0.2) is 0 Å². The number of carbonyl (C=O) groups excluding carboxylic acids is 3. The molecule has 10 nitrogen and oxygen atoms in total. The van der Waals surface area contributed by atoms with E-state index in [-0.39, 0.29) is 24.2 Å². The van der Waals surface area contributed by atoms with Gasteiger partial charge in [-0.1, -0.05) is 38.5 Å². The molecule has 5 atom stereocenters. The maximum atomic E-state index is 13.6. The summed E-state index contributed by atoms with van der Waals surface area (Å²) in [5.41, 5.74) is 7.69. The highest BCUT2D eigenvalue weighted by Gasteiger charge is 2.40. The summed E-state index contributed by atoms with van der Waals surface area (Å²) in [6.45, 7) is 4.17. The Hall–Kier alpha value is -3.05. The molecule has 0 aliphatic carbocycles. The van der Waals surface area contributed by atoms with Crippen molar-refractivity contribution in [1.82, 2.24) is 20.5 Å². The average Bonchev–Trinajstić information content (AvgIpc) is 3.56. The number of fused-ring (bicyclic) bond motifs is 1. The second kappa shape index (κ2) is 13.7. The molecule has 1 aliphatic rings. The number of H-pyrrole nitrogens is 1. The fraction of sp³-hybridized carbons (Fsp3) is 0.556. The van der Waals surface area contributed by atoms with Crippen LogP contribution in [0.25, 0.3) is 10.9 Å². The molecule has 3 rings (SSSR count). The Balaban J connectivity index is 1.72. The number of likely N-dealkylation sites (tertiary alicyclic amines) is 1. The van der Waals surface area contributed by atoms with Gasteiger partial charge in [-0.25, -0.2) is 4.79 Å². The number of hydrogen-bond acceptors (Lipinski definition) is 6. The van der Waals surface area contributed by atoms with E-state index in [4.69, 9.17) is 5.73 Å². The Labute approximate surface area is 227 Å². The molecule has 0 radical (unpaired) electrons. The summed E-state index contributed by atoms with van der Waals surface area (Å²) in [5, 5.41) is 16.2. The second-order valence-electron chi connectivity index (χ2n) is 9.91. The minimum Gasteiger partial charge on any atom is -0.480 e. The van der Waals surface area contributed by atoms with Crippen LogP contribution < -0.4 is 16.4 Å². The standard InChI is InChI=1S/C27H39N5O5S/c1-4-16(2)23(31-24(33)19(28)11-13-38-3)26(35)32-12-7-10-22(32)25(34)30-21(27(36)37)14-17-15-29-20-9-6-5-8-18(17)20/h5-6,8-9,15-16,19,21-23,29H,4,7,10-14,28H2,1-3H3,(H,30,34)(H,31,33)(H,36,37). The van der Waals surface area contributed by atoms with Crippen molar-refractivity contribution in [2.45, 2.75) is 70.1 Å². The average molecular weight is 546 g/mol. The number of aliphatic carboxylic acids is 1. The number of carbonyl (C=O) groups is 4. The lowest BCUT2D eigenvalue weighted by molar-refractivity contribution is -0.145. The van der Waals surface area contributed by atoms with Crippen LogP contribution in [-0.2, 0) is 25.6 Å². The maximum Gasteiger partial charge on any atom is 0.326 e. The molecule has 6 N–H and O–H groups in total. The number of nitrogens with two attached hydrogens (primary N) is 1. The highest BCUT2D eigenvalue weighted by molar-refractivity contribution is 7.98. The molecule has 0 spiro atoms. The number of amides is 3. The van der Waals surface area contributed by atoms with Crippen LogP contribution in [0.3, 0.4) is 0 Å². The van der Waals surface area contributed by atoms with Gasteiger partial charge in [-0.3, -0.25) is 14.4 Å². The van der Waals surface area contributed by atoms with E-state index >= 15 is 0 Å². The van der Waals surface area contributed by atoms with Gasteiger partial charge in [-0.2, -0.15) is 11.8 Å². The molecule has 2 heterocycles. The molecule has 0 bridgehead atoms. The third-order valence-corrected chi connectivity index (χ3v) is 7.94. The zero-order valence-electron chi connectivity index (χ0n) is 22.2. The normalized spacial score (nSPS) is 18.5. The Kier molecular flexibility index (Phi) is 10.6. The number of para-hydroxylation sites is 1. The Bertz CT molecular complexity index is 1140. The summed E-state index contributed by atoms with van der Waals surface area (Å²) in [4.78, 5) is 56.3. The van der Waals surface area contributed by atoms with Crippen molar-refractivity contribution in [2.24, 2.45) is 11.7 Å². The van der Waals surface area contributed by atoms with E-state index in [1.54, 1.807) is 18.0 Å². The first-order valence-corrected chi connectivity index (χ1v) is 14.5. The predicted octanol–water partition coefficient (Wildman–Crippen LogP) is 1.88. The molecule has 1 aromatic carbocycles. The summed E-state index contributed by atoms with van der Waals surface area (Å²) in [6, 6.07) is 4.06. The molecular weight excluding hydrogens is 506 g/mol. The summed E-state index contributed by atoms with van der Waals surface area (Å²) in [6.07, 6.45) is 5.96. The van der Waals surface area contributed by atoms with E-state index in [9.17, 15) is 24.3 Å². The van der Waals surface area contributed by atoms with E-state index in [1.165, 1.54) is 4.90 Å². The van der Waals surface area contributed by atoms with Crippen LogP contribution in [0.5, 0.6) is 0 Å². The molecule has 1 fully saturated rings. The smallest absolute Gasteiger partial charge is 0.326 e. The van der Waals surface area contributed by atoms with Crippen LogP contribution in [-0.4, -0.2) is 81.4 Å². The minimum atomic E-state index is -1.15. The van der Waals surface area contributed by atoms with E-state index < -0.39 is 36.0 Å². The number of aromatic amines is 1. The molecule has 1 saturated heterocycles. The third kappa shape index (κ3) is 7.08. The molecule has 1 aromatic heterocycles. The van der Waals surface area contributed by atoms with Crippen molar-refractivity contribution in [3.8, 4) is 0 Å². The number of carboxylic acid groups (broad SMARTS) is 1. The van der Waals surface area contributed by atoms with Crippen molar-refractivity contribution >= 4 is 46.4 Å². The van der Waals surface area contributed by atoms with Crippen LogP contribution in [0, 0.1) is 5.92 Å². The van der Waals surface area contributed by atoms with Gasteiger partial charge in [-0.05, 0) is 48.8 Å². The molecule has 38 heavy (non-hydrogen) atoms. The lowest BCUT2D eigenvalue weighted by Gasteiger charge is -2.32. The number of nitrogens with zero attached hydrogens (tertiary/aromatic N) is 1. The summed E-state index contributed by atoms with van der Waals surface area (Å²) in [7, 11) is 0. The number of carboxylic acids is 1. The fourth-order valence-electron chi connectivity index (χ4n) is 4.79. The molecule has 0 saturated carbocycles. The van der Waals surface area contributed by atoms with E-state index in [2.05, 4.69) is 15.6 Å². The molecule has 2 aromatic rings. The maximum absolute atomic E-state index is 13.6. The number of hydrogen-bond donors (Lipinski definition) is 5. The SMILES string of the molecule is CCC(C)C(NC(=O)C(N)CCSC)C(=O)N1CCCC1C(=O)NC(Cc1c[nH]c2ccccc12)C(=O)O. The summed E-state index contributed by atoms with van der Waals surface area (Å²) < 4.78 is 0. The molecule has 3 amide bonds. The molecular formula is C27H39N5O5S. The van der Waals surface area contributed by atoms with Gasteiger partial charge < -0.3 is 31.4 Å². The molecule has 5 unspecified atom stereocenters. The zero-order valence-corrected chi connectivity index (χ0v) is 23.1. The van der Waals surface area contributed by atoms with Crippen molar-refractivity contribution < 1.29 is 24.3 Å². The quantitative estimate of drug-likeness (QED) is 0.257. The Morgan fingerprint density at radius 3 is 2.66 bits per heavy atom. The predicted molar refractivity (Wildman–Crippen MR) is 149 cm³/mol. The third-order valence-electron chi connectivity index (χ3n) is 7.30. The van der Waals surface area contributed by atoms with Gasteiger partial charge in [0, 0.05) is 30.1 Å². The van der Waals surface area contributed by atoms with Gasteiger partial charge in [0.1, 0.15) is 18.1 Å². The van der Waals surface area contributed by atoms with Gasteiger partial charge in [0.2, 0.25) is 17.7 Å². The molecule has 208 valence electrons. The highest BCUT2D eigenvalue weighted by atomic mass is 32.2. The van der Waals surface area contributed by atoms with Crippen molar-refractivity contribution in [1.29, 1.82) is 0 Å². The Morgan fingerprint density at radius 1 is 1.24 bits per heavy atom. The van der Waals surface area contributed by atoms with E-state index in [0.29, 0.717) is 32.2 Å². The minimum absolute atomic E-state index is 0.102. The molecule has 11 heteroatoms. The van der Waals surface area contributed by atoms with Gasteiger partial charge in [-0.15, -0.1) is 0 Å². The summed E-state index contributed by atoms with van der Waals surface area (Å²) >= 11 is 1.59. The van der Waals surface area contributed by atoms with E-state index in [0.717, 1.165) is 22.2 Å². The zero-order chi connectivity index (χ0) is 27.8. The van der Waals surface area contributed by atoms with E-state index in [1.807, 2.05) is 44.4 Å². The summed E-state index contributed by atoms with van der Waals surface area (Å²) in [5.74, 6) is -1.82. The van der Waals surface area contributed by atoms with Crippen molar-refractivity contribution in [2.75, 3.05) is 18.6 Å². The monoisotopic (exact) mass is 545 g/mol. The second-order valence-corrected chi connectivity index (χ2v) is 10.9. The number of nitrogens with one attached hydrogen (secondary N) is 3. The fourth-order valence-corrected chi connectivity index (χ4v) is 5.28. The van der Waals surface area contributed by atoms with Crippen molar-refractivity contribution in [3.63, 3.8) is 0 Å². The van der Waals surface area contributed by atoms with Crippen LogP contribution >= 0.6 is 11.8 Å².